The van der Waals surface area contributed by atoms with E-state index >= 15 is 0 Å². The summed E-state index contributed by atoms with van der Waals surface area (Å²) in [6.07, 6.45) is 7.23. The van der Waals surface area contributed by atoms with Gasteiger partial charge < -0.3 is 9.80 Å². The van der Waals surface area contributed by atoms with Gasteiger partial charge in [0.2, 0.25) is 11.8 Å². The van der Waals surface area contributed by atoms with Crippen LogP contribution in [0.1, 0.15) is 36.0 Å². The number of benzene rings is 2. The van der Waals surface area contributed by atoms with Crippen LogP contribution in [0.15, 0.2) is 61.2 Å². The first-order valence-electron chi connectivity index (χ1n) is 11.2. The van der Waals surface area contributed by atoms with E-state index in [0.29, 0.717) is 18.1 Å². The Morgan fingerprint density at radius 3 is 2.64 bits per heavy atom. The Kier molecular flexibility index (Phi) is 5.85. The van der Waals surface area contributed by atoms with Gasteiger partial charge in [0.15, 0.2) is 0 Å². The fourth-order valence-electron chi connectivity index (χ4n) is 4.81. The summed E-state index contributed by atoms with van der Waals surface area (Å²) in [7, 11) is 0. The first kappa shape index (κ1) is 21.6. The number of hydrogen-bond donors (Lipinski definition) is 0. The van der Waals surface area contributed by atoms with Crippen molar-refractivity contribution in [2.75, 3.05) is 22.9 Å². The summed E-state index contributed by atoms with van der Waals surface area (Å²) in [6.45, 7) is 3.18. The molecule has 3 aromatic rings. The molecule has 0 saturated carbocycles. The summed E-state index contributed by atoms with van der Waals surface area (Å²) in [6, 6.07) is 13.6. The van der Waals surface area contributed by atoms with Crippen LogP contribution in [0.5, 0.6) is 0 Å². The van der Waals surface area contributed by atoms with Gasteiger partial charge in [0.05, 0.1) is 5.92 Å². The average Bonchev–Trinajstić information content (AvgIpc) is 3.38. The molecule has 6 nitrogen and oxygen atoms in total. The SMILES string of the molecule is CC1CN(C(=O)C2CC(=O)N(c3cccc(Cl)c3)C2)c2ccc(CCc3cncnc3)cc21. The molecule has 0 radical (unpaired) electrons. The Labute approximate surface area is 198 Å². The zero-order chi connectivity index (χ0) is 22.9. The van der Waals surface area contributed by atoms with Crippen molar-refractivity contribution in [3.05, 3.63) is 82.9 Å². The van der Waals surface area contributed by atoms with Gasteiger partial charge in [-0.15, -0.1) is 0 Å². The molecule has 2 unspecified atom stereocenters. The highest BCUT2D eigenvalue weighted by molar-refractivity contribution is 6.31. The number of carbonyl (C=O) groups is 2. The van der Waals surface area contributed by atoms with Crippen LogP contribution in [0.4, 0.5) is 11.4 Å². The van der Waals surface area contributed by atoms with E-state index in [0.717, 1.165) is 29.8 Å². The van der Waals surface area contributed by atoms with Crippen molar-refractivity contribution in [2.24, 2.45) is 5.92 Å². The third-order valence-electron chi connectivity index (χ3n) is 6.55. The molecular weight excluding hydrogens is 436 g/mol. The summed E-state index contributed by atoms with van der Waals surface area (Å²) in [5, 5.41) is 0.577. The smallest absolute Gasteiger partial charge is 0.232 e. The van der Waals surface area contributed by atoms with Gasteiger partial charge in [0.1, 0.15) is 6.33 Å². The number of rotatable bonds is 5. The van der Waals surface area contributed by atoms with Crippen molar-refractivity contribution in [1.29, 1.82) is 0 Å². The Morgan fingerprint density at radius 1 is 1.06 bits per heavy atom. The van der Waals surface area contributed by atoms with E-state index in [4.69, 9.17) is 11.6 Å². The Bertz CT molecular complexity index is 1200. The minimum Gasteiger partial charge on any atom is -0.312 e. The molecule has 7 heteroatoms. The fraction of sp³-hybridized carbons (Fsp3) is 0.308. The number of nitrogens with zero attached hydrogens (tertiary/aromatic N) is 4. The van der Waals surface area contributed by atoms with Gasteiger partial charge in [-0.3, -0.25) is 9.59 Å². The Balaban J connectivity index is 1.30. The van der Waals surface area contributed by atoms with Crippen LogP contribution < -0.4 is 9.80 Å². The molecule has 1 saturated heterocycles. The van der Waals surface area contributed by atoms with Crippen LogP contribution in [0, 0.1) is 5.92 Å². The summed E-state index contributed by atoms with van der Waals surface area (Å²) in [4.78, 5) is 37.8. The molecule has 2 aliphatic rings. The first-order valence-corrected chi connectivity index (χ1v) is 11.6. The number of amides is 2. The Hall–Kier alpha value is -3.25. The highest BCUT2D eigenvalue weighted by Crippen LogP contribution is 2.39. The van der Waals surface area contributed by atoms with E-state index in [1.165, 1.54) is 17.5 Å². The van der Waals surface area contributed by atoms with Crippen LogP contribution in [0.2, 0.25) is 5.02 Å². The van der Waals surface area contributed by atoms with Crippen molar-refractivity contribution in [3.63, 3.8) is 0 Å². The van der Waals surface area contributed by atoms with Crippen LogP contribution in [-0.4, -0.2) is 34.9 Å². The molecule has 0 aliphatic carbocycles. The van der Waals surface area contributed by atoms with Crippen molar-refractivity contribution in [1.82, 2.24) is 9.97 Å². The molecule has 2 aromatic carbocycles. The topological polar surface area (TPSA) is 66.4 Å². The summed E-state index contributed by atoms with van der Waals surface area (Å²) in [5.41, 5.74) is 5.25. The second-order valence-electron chi connectivity index (χ2n) is 8.88. The van der Waals surface area contributed by atoms with E-state index in [-0.39, 0.29) is 30.1 Å². The number of hydrogen-bond acceptors (Lipinski definition) is 4. The highest BCUT2D eigenvalue weighted by atomic mass is 35.5. The molecule has 0 spiro atoms. The number of aryl methyl sites for hydroxylation is 2. The predicted molar refractivity (Wildman–Crippen MR) is 129 cm³/mol. The lowest BCUT2D eigenvalue weighted by Crippen LogP contribution is -2.36. The lowest BCUT2D eigenvalue weighted by atomic mass is 9.98. The number of aromatic nitrogens is 2. The number of anilines is 2. The van der Waals surface area contributed by atoms with Crippen LogP contribution in [0.25, 0.3) is 0 Å². The largest absolute Gasteiger partial charge is 0.312 e. The van der Waals surface area contributed by atoms with E-state index < -0.39 is 0 Å². The molecule has 0 N–H and O–H groups in total. The molecule has 3 heterocycles. The van der Waals surface area contributed by atoms with Gasteiger partial charge in [0, 0.05) is 54.2 Å². The van der Waals surface area contributed by atoms with Gasteiger partial charge in [-0.05, 0) is 53.8 Å². The average molecular weight is 461 g/mol. The molecule has 2 aliphatic heterocycles. The molecule has 33 heavy (non-hydrogen) atoms. The second kappa shape index (κ2) is 8.94. The summed E-state index contributed by atoms with van der Waals surface area (Å²) < 4.78 is 0. The van der Waals surface area contributed by atoms with E-state index in [2.05, 4.69) is 35.1 Å². The van der Waals surface area contributed by atoms with E-state index in [1.54, 1.807) is 17.0 Å². The first-order chi connectivity index (χ1) is 16.0. The van der Waals surface area contributed by atoms with Gasteiger partial charge in [-0.1, -0.05) is 36.7 Å². The minimum absolute atomic E-state index is 0.0210. The van der Waals surface area contributed by atoms with Crippen LogP contribution in [0.3, 0.4) is 0 Å². The van der Waals surface area contributed by atoms with Gasteiger partial charge in [-0.25, -0.2) is 9.97 Å². The second-order valence-corrected chi connectivity index (χ2v) is 9.31. The van der Waals surface area contributed by atoms with Crippen molar-refractivity contribution in [2.45, 2.75) is 32.1 Å². The molecule has 2 amide bonds. The maximum Gasteiger partial charge on any atom is 0.232 e. The molecule has 168 valence electrons. The summed E-state index contributed by atoms with van der Waals surface area (Å²) >= 11 is 6.10. The molecule has 0 bridgehead atoms. The lowest BCUT2D eigenvalue weighted by Gasteiger charge is -2.22. The van der Waals surface area contributed by atoms with Crippen molar-refractivity contribution in [3.8, 4) is 0 Å². The fourth-order valence-corrected chi connectivity index (χ4v) is 5.00. The lowest BCUT2D eigenvalue weighted by molar-refractivity contribution is -0.124. The predicted octanol–water partition coefficient (Wildman–Crippen LogP) is 4.42. The normalized spacial score (nSPS) is 19.8. The number of fused-ring (bicyclic) bond motifs is 1. The van der Waals surface area contributed by atoms with E-state index in [9.17, 15) is 9.59 Å². The maximum atomic E-state index is 13.4. The van der Waals surface area contributed by atoms with Gasteiger partial charge in [0.25, 0.3) is 0 Å². The third-order valence-corrected chi connectivity index (χ3v) is 6.78. The zero-order valence-electron chi connectivity index (χ0n) is 18.4. The zero-order valence-corrected chi connectivity index (χ0v) is 19.2. The van der Waals surface area contributed by atoms with Crippen molar-refractivity contribution < 1.29 is 9.59 Å². The number of halogens is 1. The molecule has 2 atom stereocenters. The van der Waals surface area contributed by atoms with Gasteiger partial charge >= 0.3 is 0 Å². The van der Waals surface area contributed by atoms with Crippen LogP contribution >= 0.6 is 11.6 Å². The van der Waals surface area contributed by atoms with Gasteiger partial charge in [-0.2, -0.15) is 0 Å². The van der Waals surface area contributed by atoms with Crippen molar-refractivity contribution >= 4 is 34.8 Å². The molecule has 1 aromatic heterocycles. The molecule has 1 fully saturated rings. The highest BCUT2D eigenvalue weighted by Gasteiger charge is 2.40. The van der Waals surface area contributed by atoms with Crippen LogP contribution in [-0.2, 0) is 22.4 Å². The van der Waals surface area contributed by atoms with E-state index in [1.807, 2.05) is 29.4 Å². The number of carbonyl (C=O) groups excluding carboxylic acids is 2. The Morgan fingerprint density at radius 2 is 1.85 bits per heavy atom. The third kappa shape index (κ3) is 4.35. The molecule has 5 rings (SSSR count). The summed E-state index contributed by atoms with van der Waals surface area (Å²) in [5.74, 6) is -0.117. The maximum absolute atomic E-state index is 13.4. The molecular formula is C26H25ClN4O2. The minimum atomic E-state index is -0.354. The quantitative estimate of drug-likeness (QED) is 0.565. The standard InChI is InChI=1S/C26H25ClN4O2/c1-17-14-31(24-8-7-18(9-23(17)24)5-6-19-12-28-16-29-13-19)26(33)20-10-25(32)30(15-20)22-4-2-3-21(27)11-22/h2-4,7-9,11-13,16-17,20H,5-6,10,14-15H2,1H3. The monoisotopic (exact) mass is 460 g/mol.